The Balaban J connectivity index is 2.38. The summed E-state index contributed by atoms with van der Waals surface area (Å²) < 4.78 is 37.6. The summed E-state index contributed by atoms with van der Waals surface area (Å²) in [5, 5.41) is 9.42. The largest absolute Gasteiger partial charge is 0.416 e. The van der Waals surface area contributed by atoms with E-state index in [2.05, 4.69) is 0 Å². The second kappa shape index (κ2) is 4.02. The molecule has 2 rings (SSSR count). The van der Waals surface area contributed by atoms with Crippen molar-refractivity contribution in [2.45, 2.75) is 37.8 Å². The fourth-order valence-electron chi connectivity index (χ4n) is 2.55. The van der Waals surface area contributed by atoms with Gasteiger partial charge in [-0.3, -0.25) is 0 Å². The second-order valence-corrected chi connectivity index (χ2v) is 4.82. The predicted molar refractivity (Wildman–Crippen MR) is 58.8 cm³/mol. The van der Waals surface area contributed by atoms with Crippen molar-refractivity contribution < 1.29 is 18.3 Å². The van der Waals surface area contributed by atoms with E-state index in [0.29, 0.717) is 5.56 Å². The number of benzene rings is 1. The van der Waals surface area contributed by atoms with Gasteiger partial charge >= 0.3 is 6.18 Å². The Kier molecular flexibility index (Phi) is 2.94. The van der Waals surface area contributed by atoms with E-state index in [1.54, 1.807) is 6.92 Å². The van der Waals surface area contributed by atoms with Crippen LogP contribution in [-0.4, -0.2) is 11.7 Å². The summed E-state index contributed by atoms with van der Waals surface area (Å²) in [5.74, 6) is 0. The first-order valence-corrected chi connectivity index (χ1v) is 5.68. The van der Waals surface area contributed by atoms with E-state index in [4.69, 9.17) is 0 Å². The topological polar surface area (TPSA) is 20.2 Å². The number of aliphatic hydroxyl groups excluding tert-OH is 1. The first-order chi connectivity index (χ1) is 7.89. The van der Waals surface area contributed by atoms with Crippen molar-refractivity contribution in [3.8, 4) is 0 Å². The van der Waals surface area contributed by atoms with E-state index in [0.717, 1.165) is 30.9 Å². The molecular formula is C13H15F3O. The van der Waals surface area contributed by atoms with E-state index in [-0.39, 0.29) is 12.0 Å². The molecule has 0 aromatic heterocycles. The van der Waals surface area contributed by atoms with Crippen molar-refractivity contribution in [3.05, 3.63) is 34.9 Å². The third kappa shape index (κ3) is 2.06. The average molecular weight is 244 g/mol. The number of aliphatic hydroxyl groups is 1. The van der Waals surface area contributed by atoms with Gasteiger partial charge in [-0.25, -0.2) is 0 Å². The lowest BCUT2D eigenvalue weighted by molar-refractivity contribution is -0.137. The number of hydrogen-bond donors (Lipinski definition) is 1. The molecule has 4 heteroatoms. The smallest absolute Gasteiger partial charge is 0.395 e. The van der Waals surface area contributed by atoms with E-state index in [1.807, 2.05) is 0 Å². The Hall–Kier alpha value is -1.03. The molecule has 0 saturated heterocycles. The minimum absolute atomic E-state index is 0.0131. The average Bonchev–Trinajstić information content (AvgIpc) is 2.17. The number of aryl methyl sites for hydroxylation is 1. The monoisotopic (exact) mass is 244 g/mol. The van der Waals surface area contributed by atoms with Crippen LogP contribution in [0, 0.1) is 6.92 Å². The normalized spacial score (nSPS) is 18.9. The lowest BCUT2D eigenvalue weighted by atomic mass is 9.64. The Labute approximate surface area is 98.3 Å². The molecule has 1 aromatic rings. The maximum atomic E-state index is 12.5. The SMILES string of the molecule is Cc1cc(C(F)(F)F)ccc1C1(CO)CCC1. The maximum Gasteiger partial charge on any atom is 0.416 e. The Morgan fingerprint density at radius 2 is 1.94 bits per heavy atom. The summed E-state index contributed by atoms with van der Waals surface area (Å²) in [6.07, 6.45) is -1.55. The van der Waals surface area contributed by atoms with E-state index in [9.17, 15) is 18.3 Å². The van der Waals surface area contributed by atoms with Gasteiger partial charge in [-0.05, 0) is 43.0 Å². The summed E-state index contributed by atoms with van der Waals surface area (Å²) >= 11 is 0. The minimum Gasteiger partial charge on any atom is -0.395 e. The molecule has 1 aliphatic rings. The van der Waals surface area contributed by atoms with Crippen LogP contribution in [0.4, 0.5) is 13.2 Å². The Bertz CT molecular complexity index is 414. The van der Waals surface area contributed by atoms with Gasteiger partial charge in [0.2, 0.25) is 0 Å². The number of alkyl halides is 3. The lowest BCUT2D eigenvalue weighted by Gasteiger charge is -2.42. The summed E-state index contributed by atoms with van der Waals surface area (Å²) in [7, 11) is 0. The quantitative estimate of drug-likeness (QED) is 0.845. The molecule has 0 amide bonds. The number of hydrogen-bond acceptors (Lipinski definition) is 1. The zero-order chi connectivity index (χ0) is 12.7. The Morgan fingerprint density at radius 1 is 1.29 bits per heavy atom. The highest BCUT2D eigenvalue weighted by molar-refractivity contribution is 5.39. The maximum absolute atomic E-state index is 12.5. The minimum atomic E-state index is -4.30. The Morgan fingerprint density at radius 3 is 2.29 bits per heavy atom. The van der Waals surface area contributed by atoms with Gasteiger partial charge in [-0.1, -0.05) is 12.5 Å². The molecule has 1 aliphatic carbocycles. The molecule has 1 nitrogen and oxygen atoms in total. The molecule has 17 heavy (non-hydrogen) atoms. The molecular weight excluding hydrogens is 229 g/mol. The zero-order valence-corrected chi connectivity index (χ0v) is 9.64. The van der Waals surface area contributed by atoms with Gasteiger partial charge < -0.3 is 5.11 Å². The van der Waals surface area contributed by atoms with Crippen LogP contribution in [0.1, 0.15) is 36.0 Å². The highest BCUT2D eigenvalue weighted by atomic mass is 19.4. The van der Waals surface area contributed by atoms with Crippen molar-refractivity contribution in [1.82, 2.24) is 0 Å². The van der Waals surface area contributed by atoms with Gasteiger partial charge in [0, 0.05) is 5.41 Å². The first kappa shape index (κ1) is 12.4. The second-order valence-electron chi connectivity index (χ2n) is 4.82. The molecule has 1 N–H and O–H groups in total. The van der Waals surface area contributed by atoms with Crippen LogP contribution in [0.15, 0.2) is 18.2 Å². The molecule has 0 bridgehead atoms. The molecule has 1 aromatic carbocycles. The lowest BCUT2D eigenvalue weighted by Crippen LogP contribution is -2.38. The fourth-order valence-corrected chi connectivity index (χ4v) is 2.55. The summed E-state index contributed by atoms with van der Waals surface area (Å²) in [4.78, 5) is 0. The van der Waals surface area contributed by atoms with Crippen LogP contribution in [0.2, 0.25) is 0 Å². The van der Waals surface area contributed by atoms with Gasteiger partial charge in [0.05, 0.1) is 12.2 Å². The molecule has 1 fully saturated rings. The first-order valence-electron chi connectivity index (χ1n) is 5.68. The van der Waals surface area contributed by atoms with Crippen LogP contribution < -0.4 is 0 Å². The molecule has 1 saturated carbocycles. The van der Waals surface area contributed by atoms with Crippen molar-refractivity contribution in [2.75, 3.05) is 6.61 Å². The van der Waals surface area contributed by atoms with Crippen LogP contribution >= 0.6 is 0 Å². The number of halogens is 3. The van der Waals surface area contributed by atoms with Crippen LogP contribution in [0.25, 0.3) is 0 Å². The molecule has 0 aliphatic heterocycles. The molecule has 0 atom stereocenters. The van der Waals surface area contributed by atoms with Gasteiger partial charge in [0.1, 0.15) is 0 Å². The molecule has 0 spiro atoms. The highest BCUT2D eigenvalue weighted by Gasteiger charge is 2.40. The van der Waals surface area contributed by atoms with Crippen molar-refractivity contribution in [3.63, 3.8) is 0 Å². The third-order valence-corrected chi connectivity index (χ3v) is 3.74. The van der Waals surface area contributed by atoms with E-state index >= 15 is 0 Å². The predicted octanol–water partition coefficient (Wildman–Crippen LogP) is 3.43. The molecule has 0 unspecified atom stereocenters. The van der Waals surface area contributed by atoms with Gasteiger partial charge in [0.15, 0.2) is 0 Å². The number of rotatable bonds is 2. The van der Waals surface area contributed by atoms with Gasteiger partial charge in [0.25, 0.3) is 0 Å². The summed E-state index contributed by atoms with van der Waals surface area (Å²) in [6, 6.07) is 3.80. The van der Waals surface area contributed by atoms with E-state index in [1.165, 1.54) is 12.1 Å². The van der Waals surface area contributed by atoms with Gasteiger partial charge in [-0.15, -0.1) is 0 Å². The molecule has 0 heterocycles. The van der Waals surface area contributed by atoms with Crippen molar-refractivity contribution in [1.29, 1.82) is 0 Å². The van der Waals surface area contributed by atoms with Crippen LogP contribution in [0.3, 0.4) is 0 Å². The van der Waals surface area contributed by atoms with E-state index < -0.39 is 11.7 Å². The zero-order valence-electron chi connectivity index (χ0n) is 9.64. The summed E-state index contributed by atoms with van der Waals surface area (Å²) in [6.45, 7) is 1.69. The third-order valence-electron chi connectivity index (χ3n) is 3.74. The van der Waals surface area contributed by atoms with Gasteiger partial charge in [-0.2, -0.15) is 13.2 Å². The van der Waals surface area contributed by atoms with Crippen molar-refractivity contribution >= 4 is 0 Å². The van der Waals surface area contributed by atoms with Crippen LogP contribution in [-0.2, 0) is 11.6 Å². The molecule has 94 valence electrons. The van der Waals surface area contributed by atoms with Crippen molar-refractivity contribution in [2.24, 2.45) is 0 Å². The fraction of sp³-hybridized carbons (Fsp3) is 0.538. The van der Waals surface area contributed by atoms with Crippen LogP contribution in [0.5, 0.6) is 0 Å². The highest BCUT2D eigenvalue weighted by Crippen LogP contribution is 2.45. The summed E-state index contributed by atoms with van der Waals surface area (Å²) in [5.41, 5.74) is 0.563. The molecule has 0 radical (unpaired) electrons. The standard InChI is InChI=1S/C13H15F3O/c1-9-7-10(13(14,15)16)3-4-11(9)12(8-17)5-2-6-12/h3-4,7,17H,2,5-6,8H2,1H3.